The molecule has 0 saturated heterocycles. The van der Waals surface area contributed by atoms with Crippen LogP contribution in [0.1, 0.15) is 15.2 Å². The highest BCUT2D eigenvalue weighted by atomic mass is 79.9. The zero-order valence-corrected chi connectivity index (χ0v) is 16.9. The Balaban J connectivity index is 1.82. The summed E-state index contributed by atoms with van der Waals surface area (Å²) < 4.78 is 24.2. The first kappa shape index (κ1) is 18.8. The number of nitrogens with two attached hydrogens (primary N) is 1. The molecule has 0 saturated carbocycles. The lowest BCUT2D eigenvalue weighted by Crippen LogP contribution is -2.15. The molecular formula is C18H15BrN2O3S2. The number of carbonyl (C=O) groups is 1. The van der Waals surface area contributed by atoms with E-state index >= 15 is 0 Å². The van der Waals surface area contributed by atoms with E-state index < -0.39 is 10.0 Å². The number of thiophene rings is 1. The number of hydrogen-bond acceptors (Lipinski definition) is 4. The topological polar surface area (TPSA) is 89.3 Å². The average molecular weight is 451 g/mol. The van der Waals surface area contributed by atoms with Crippen molar-refractivity contribution >= 4 is 48.9 Å². The summed E-state index contributed by atoms with van der Waals surface area (Å²) in [4.78, 5) is 14.0. The summed E-state index contributed by atoms with van der Waals surface area (Å²) in [5.41, 5.74) is 1.92. The third-order valence-electron chi connectivity index (χ3n) is 3.71. The molecule has 0 atom stereocenters. The van der Waals surface area contributed by atoms with Gasteiger partial charge in [0.2, 0.25) is 10.0 Å². The predicted octanol–water partition coefficient (Wildman–Crippen LogP) is 4.39. The molecule has 0 aliphatic heterocycles. The Morgan fingerprint density at radius 2 is 1.77 bits per heavy atom. The minimum absolute atomic E-state index is 0.00275. The second kappa shape index (κ2) is 7.32. The van der Waals surface area contributed by atoms with Crippen molar-refractivity contribution < 1.29 is 13.2 Å². The number of rotatable bonds is 4. The summed E-state index contributed by atoms with van der Waals surface area (Å²) in [5.74, 6) is -0.303. The van der Waals surface area contributed by atoms with Crippen LogP contribution in [0.2, 0.25) is 0 Å². The molecule has 26 heavy (non-hydrogen) atoms. The number of primary sulfonamides is 1. The molecule has 0 bridgehead atoms. The van der Waals surface area contributed by atoms with E-state index in [1.807, 2.05) is 30.3 Å². The van der Waals surface area contributed by atoms with Crippen LogP contribution in [0.3, 0.4) is 0 Å². The first-order valence-corrected chi connectivity index (χ1v) is 10.7. The molecule has 0 aliphatic carbocycles. The van der Waals surface area contributed by atoms with Crippen LogP contribution in [0, 0.1) is 6.92 Å². The van der Waals surface area contributed by atoms with E-state index in [1.165, 1.54) is 17.4 Å². The molecule has 0 spiro atoms. The number of aryl methyl sites for hydroxylation is 1. The van der Waals surface area contributed by atoms with Crippen LogP contribution in [0.15, 0.2) is 64.0 Å². The standard InChI is InChI=1S/C18H15BrN2O3S2/c1-11-2-7-14(10-17(11)26(20,23)24)21-18(22)16-9-8-15(25-16)12-3-5-13(19)6-4-12/h2-10H,1H3,(H,21,22)(H2,20,23,24). The van der Waals surface area contributed by atoms with Gasteiger partial charge in [0.1, 0.15) is 0 Å². The Morgan fingerprint density at radius 3 is 2.42 bits per heavy atom. The van der Waals surface area contributed by atoms with Crippen LogP contribution in [0.25, 0.3) is 10.4 Å². The average Bonchev–Trinajstić information content (AvgIpc) is 3.06. The van der Waals surface area contributed by atoms with Crippen LogP contribution in [0.4, 0.5) is 5.69 Å². The zero-order chi connectivity index (χ0) is 18.9. The Labute approximate surface area is 164 Å². The molecule has 1 aromatic heterocycles. The summed E-state index contributed by atoms with van der Waals surface area (Å²) in [6.45, 7) is 1.65. The van der Waals surface area contributed by atoms with Gasteiger partial charge in [0.15, 0.2) is 0 Å². The van der Waals surface area contributed by atoms with Crippen LogP contribution in [-0.2, 0) is 10.0 Å². The minimum atomic E-state index is -3.84. The lowest BCUT2D eigenvalue weighted by atomic mass is 10.2. The highest BCUT2D eigenvalue weighted by Gasteiger charge is 2.15. The van der Waals surface area contributed by atoms with Crippen molar-refractivity contribution in [1.29, 1.82) is 0 Å². The second-order valence-corrected chi connectivity index (χ2v) is 9.18. The van der Waals surface area contributed by atoms with Crippen molar-refractivity contribution in [2.45, 2.75) is 11.8 Å². The molecule has 1 heterocycles. The molecule has 0 fully saturated rings. The van der Waals surface area contributed by atoms with Gasteiger partial charge in [0.05, 0.1) is 9.77 Å². The fraction of sp³-hybridized carbons (Fsp3) is 0.0556. The maximum atomic E-state index is 12.5. The van der Waals surface area contributed by atoms with Gasteiger partial charge in [0, 0.05) is 15.0 Å². The first-order valence-electron chi connectivity index (χ1n) is 7.54. The van der Waals surface area contributed by atoms with Gasteiger partial charge in [-0.25, -0.2) is 13.6 Å². The second-order valence-electron chi connectivity index (χ2n) is 5.65. The SMILES string of the molecule is Cc1ccc(NC(=O)c2ccc(-c3ccc(Br)cc3)s2)cc1S(N)(=O)=O. The molecule has 1 amide bonds. The summed E-state index contributed by atoms with van der Waals surface area (Å²) in [5, 5.41) is 7.92. The highest BCUT2D eigenvalue weighted by molar-refractivity contribution is 9.10. The third kappa shape index (κ3) is 4.21. The van der Waals surface area contributed by atoms with E-state index in [0.717, 1.165) is 14.9 Å². The number of amides is 1. The molecule has 3 rings (SSSR count). The largest absolute Gasteiger partial charge is 0.321 e. The van der Waals surface area contributed by atoms with Crippen LogP contribution in [-0.4, -0.2) is 14.3 Å². The van der Waals surface area contributed by atoms with Gasteiger partial charge < -0.3 is 5.32 Å². The van der Waals surface area contributed by atoms with E-state index in [9.17, 15) is 13.2 Å². The summed E-state index contributed by atoms with van der Waals surface area (Å²) in [7, 11) is -3.84. The first-order chi connectivity index (χ1) is 12.2. The fourth-order valence-corrected chi connectivity index (χ4v) is 4.39. The molecule has 134 valence electrons. The lowest BCUT2D eigenvalue weighted by Gasteiger charge is -2.08. The van der Waals surface area contributed by atoms with Crippen molar-refractivity contribution in [2.24, 2.45) is 5.14 Å². The lowest BCUT2D eigenvalue weighted by molar-refractivity contribution is 0.103. The van der Waals surface area contributed by atoms with Gasteiger partial charge >= 0.3 is 0 Å². The van der Waals surface area contributed by atoms with E-state index in [1.54, 1.807) is 25.1 Å². The maximum absolute atomic E-state index is 12.5. The molecule has 0 radical (unpaired) electrons. The quantitative estimate of drug-likeness (QED) is 0.617. The van der Waals surface area contributed by atoms with Crippen molar-refractivity contribution in [3.63, 3.8) is 0 Å². The van der Waals surface area contributed by atoms with E-state index in [-0.39, 0.29) is 10.8 Å². The molecule has 5 nitrogen and oxygen atoms in total. The van der Waals surface area contributed by atoms with Gasteiger partial charge in [-0.15, -0.1) is 11.3 Å². The molecular weight excluding hydrogens is 436 g/mol. The number of benzene rings is 2. The number of hydrogen-bond donors (Lipinski definition) is 2. The Kier molecular flexibility index (Phi) is 5.29. The summed E-state index contributed by atoms with van der Waals surface area (Å²) in [6.07, 6.45) is 0. The van der Waals surface area contributed by atoms with E-state index in [0.29, 0.717) is 16.1 Å². The monoisotopic (exact) mass is 450 g/mol. The molecule has 3 aromatic rings. The Morgan fingerprint density at radius 1 is 1.08 bits per heavy atom. The minimum Gasteiger partial charge on any atom is -0.321 e. The van der Waals surface area contributed by atoms with Crippen LogP contribution >= 0.6 is 27.3 Å². The van der Waals surface area contributed by atoms with Crippen molar-refractivity contribution in [2.75, 3.05) is 5.32 Å². The van der Waals surface area contributed by atoms with Gasteiger partial charge in [-0.3, -0.25) is 4.79 Å². The number of halogens is 1. The predicted molar refractivity (Wildman–Crippen MR) is 108 cm³/mol. The van der Waals surface area contributed by atoms with Crippen molar-refractivity contribution in [3.8, 4) is 10.4 Å². The molecule has 0 unspecified atom stereocenters. The number of nitrogens with one attached hydrogen (secondary N) is 1. The zero-order valence-electron chi connectivity index (χ0n) is 13.7. The summed E-state index contributed by atoms with van der Waals surface area (Å²) >= 11 is 4.76. The molecule has 0 aliphatic rings. The number of carbonyl (C=O) groups excluding carboxylic acids is 1. The highest BCUT2D eigenvalue weighted by Crippen LogP contribution is 2.30. The third-order valence-corrected chi connectivity index (χ3v) is 6.43. The van der Waals surface area contributed by atoms with E-state index in [2.05, 4.69) is 21.2 Å². The van der Waals surface area contributed by atoms with Gasteiger partial charge in [-0.05, 0) is 54.4 Å². The van der Waals surface area contributed by atoms with Crippen LogP contribution < -0.4 is 10.5 Å². The smallest absolute Gasteiger partial charge is 0.265 e. The Bertz CT molecular complexity index is 1070. The molecule has 8 heteroatoms. The van der Waals surface area contributed by atoms with E-state index in [4.69, 9.17) is 5.14 Å². The van der Waals surface area contributed by atoms with Gasteiger partial charge in [-0.1, -0.05) is 34.1 Å². The van der Waals surface area contributed by atoms with Gasteiger partial charge in [-0.2, -0.15) is 0 Å². The maximum Gasteiger partial charge on any atom is 0.265 e. The van der Waals surface area contributed by atoms with Crippen molar-refractivity contribution in [3.05, 3.63) is 69.5 Å². The number of anilines is 1. The van der Waals surface area contributed by atoms with Crippen LogP contribution in [0.5, 0.6) is 0 Å². The number of sulfonamides is 1. The fourth-order valence-electron chi connectivity index (χ4n) is 2.41. The molecule has 3 N–H and O–H groups in total. The van der Waals surface area contributed by atoms with Crippen molar-refractivity contribution in [1.82, 2.24) is 0 Å². The Hall–Kier alpha value is -2.00. The normalized spacial score (nSPS) is 11.3. The summed E-state index contributed by atoms with van der Waals surface area (Å²) in [6, 6.07) is 16.1. The van der Waals surface area contributed by atoms with Gasteiger partial charge in [0.25, 0.3) is 5.91 Å². The molecule has 2 aromatic carbocycles.